The van der Waals surface area contributed by atoms with E-state index in [1.54, 1.807) is 0 Å². The zero-order chi connectivity index (χ0) is 49.3. The largest absolute Gasteiger partial charge is 0.504 e. The molecule has 1 fully saturated rings. The van der Waals surface area contributed by atoms with E-state index in [0.29, 0.717) is 60.7 Å². The van der Waals surface area contributed by atoms with E-state index in [0.717, 1.165) is 0 Å². The molecule has 1 aliphatic rings. The molecule has 0 radical (unpaired) electrons. The summed E-state index contributed by atoms with van der Waals surface area (Å²) >= 11 is 0. The molecule has 1 aliphatic carbocycles. The van der Waals surface area contributed by atoms with E-state index in [4.69, 9.17) is 23.7 Å². The average molecular weight is 939 g/mol. The predicted molar refractivity (Wildman–Crippen MR) is 212 cm³/mol. The van der Waals surface area contributed by atoms with E-state index in [1.807, 2.05) is 0 Å². The zero-order valence-electron chi connectivity index (χ0n) is 33.4. The van der Waals surface area contributed by atoms with Crippen LogP contribution < -0.4 is 0 Å². The second kappa shape index (κ2) is 18.3. The Hall–Kier alpha value is -9.55. The molecular weight excluding hydrogens is 904 g/mol. The first-order chi connectivity index (χ1) is 31.4. The SMILES string of the molecule is O=C(OCC1C[C@@H](OC(=O)c2cc(O)c(O)c(O)c2)C(OC(=O)c2cc(O)c(O)c(O)c2)[C@@H](OC(=O)c2cc(O)c(O)c(O)c2)[C@@H]1OC(=O)c1cc(O)c(O)c(O)c1)c1cc(O)c(O)c(O)c1. The minimum atomic E-state index is -2.41. The Labute approximate surface area is 371 Å². The van der Waals surface area contributed by atoms with Gasteiger partial charge >= 0.3 is 29.8 Å². The van der Waals surface area contributed by atoms with Crippen LogP contribution in [0.3, 0.4) is 0 Å². The monoisotopic (exact) mass is 938 g/mol. The highest BCUT2D eigenvalue weighted by Crippen LogP contribution is 2.43. The molecule has 0 amide bonds. The average Bonchev–Trinajstić information content (AvgIpc) is 3.27. The van der Waals surface area contributed by atoms with Crippen LogP contribution in [0.2, 0.25) is 0 Å². The molecular formula is C42H34O25. The van der Waals surface area contributed by atoms with Gasteiger partial charge in [-0.1, -0.05) is 0 Å². The van der Waals surface area contributed by atoms with Gasteiger partial charge in [0.05, 0.1) is 34.4 Å². The minimum Gasteiger partial charge on any atom is -0.504 e. The van der Waals surface area contributed by atoms with Crippen LogP contribution in [0.4, 0.5) is 0 Å². The fraction of sp³-hybridized carbons (Fsp3) is 0.167. The Morgan fingerprint density at radius 3 is 0.881 bits per heavy atom. The molecule has 0 aromatic heterocycles. The number of phenolic OH excluding ortho intramolecular Hbond substituents is 15. The van der Waals surface area contributed by atoms with Gasteiger partial charge < -0.3 is 100 Å². The number of carbonyl (C=O) groups is 5. The first kappa shape index (κ1) is 46.9. The smallest absolute Gasteiger partial charge is 0.338 e. The van der Waals surface area contributed by atoms with E-state index in [2.05, 4.69) is 0 Å². The molecule has 5 atom stereocenters. The number of esters is 5. The van der Waals surface area contributed by atoms with Gasteiger partial charge in [0, 0.05) is 5.92 Å². The highest BCUT2D eigenvalue weighted by atomic mass is 16.6. The van der Waals surface area contributed by atoms with Crippen LogP contribution >= 0.6 is 0 Å². The Kier molecular flexibility index (Phi) is 12.8. The Morgan fingerprint density at radius 2 is 0.582 bits per heavy atom. The molecule has 0 bridgehead atoms. The van der Waals surface area contributed by atoms with Crippen molar-refractivity contribution >= 4 is 29.8 Å². The quantitative estimate of drug-likeness (QED) is 0.0513. The number of benzene rings is 5. The van der Waals surface area contributed by atoms with E-state index in [9.17, 15) is 101 Å². The van der Waals surface area contributed by atoms with Gasteiger partial charge in [-0.3, -0.25) is 0 Å². The molecule has 0 saturated heterocycles. The van der Waals surface area contributed by atoms with Crippen LogP contribution in [0.15, 0.2) is 60.7 Å². The minimum absolute atomic E-state index is 0.565. The van der Waals surface area contributed by atoms with Crippen LogP contribution in [-0.4, -0.2) is 137 Å². The molecule has 352 valence electrons. The maximum atomic E-state index is 14.0. The molecule has 0 aliphatic heterocycles. The van der Waals surface area contributed by atoms with E-state index < -0.39 is 187 Å². The van der Waals surface area contributed by atoms with E-state index >= 15 is 0 Å². The molecule has 5 aromatic carbocycles. The summed E-state index contributed by atoms with van der Waals surface area (Å²) in [4.78, 5) is 68.8. The van der Waals surface area contributed by atoms with Gasteiger partial charge in [0.15, 0.2) is 98.5 Å². The molecule has 6 rings (SSSR count). The predicted octanol–water partition coefficient (Wildman–Crippen LogP) is 2.35. The van der Waals surface area contributed by atoms with Gasteiger partial charge in [0.2, 0.25) is 0 Å². The first-order valence-corrected chi connectivity index (χ1v) is 18.7. The molecule has 2 unspecified atom stereocenters. The summed E-state index contributed by atoms with van der Waals surface area (Å²) < 4.78 is 28.0. The summed E-state index contributed by atoms with van der Waals surface area (Å²) in [6.07, 6.45) is -9.80. The standard InChI is InChI=1S/C42H34O25/c43-19-1-13(2-20(44)30(19)53)38(58)63-12-18-11-29(64-39(59)14-3-21(45)31(54)22(46)4-14)36(66-41(61)16-7-25(49)33(56)26(50)8-16)37(67-42(62)17-9-27(51)34(57)28(52)10-17)35(18)65-40(60)15-5-23(47)32(55)24(48)6-15/h1-10,18,29,35-37,43-57H,11-12H2/t18?,29-,35-,36?,37+/m1/s1. The highest BCUT2D eigenvalue weighted by Gasteiger charge is 2.54. The van der Waals surface area contributed by atoms with Crippen molar-refractivity contribution in [2.45, 2.75) is 30.8 Å². The second-order valence-electron chi connectivity index (χ2n) is 14.5. The maximum absolute atomic E-state index is 14.0. The van der Waals surface area contributed by atoms with Crippen molar-refractivity contribution in [3.05, 3.63) is 88.5 Å². The number of carbonyl (C=O) groups excluding carboxylic acids is 5. The number of hydrogen-bond donors (Lipinski definition) is 15. The number of hydrogen-bond acceptors (Lipinski definition) is 25. The third-order valence-corrected chi connectivity index (χ3v) is 9.96. The van der Waals surface area contributed by atoms with Crippen LogP contribution in [0.1, 0.15) is 58.2 Å². The Balaban J connectivity index is 1.52. The second-order valence-corrected chi connectivity index (χ2v) is 14.5. The van der Waals surface area contributed by atoms with Crippen molar-refractivity contribution in [2.75, 3.05) is 6.61 Å². The van der Waals surface area contributed by atoms with Crippen molar-refractivity contribution in [3.8, 4) is 86.2 Å². The summed E-state index contributed by atoms with van der Waals surface area (Å²) in [5, 5.41) is 151. The number of rotatable bonds is 11. The van der Waals surface area contributed by atoms with Crippen LogP contribution in [-0.2, 0) is 23.7 Å². The highest BCUT2D eigenvalue weighted by molar-refractivity contribution is 5.94. The van der Waals surface area contributed by atoms with Crippen molar-refractivity contribution in [1.82, 2.24) is 0 Å². The lowest BCUT2D eigenvalue weighted by molar-refractivity contribution is -0.170. The molecule has 15 N–H and O–H groups in total. The van der Waals surface area contributed by atoms with Gasteiger partial charge in [-0.25, -0.2) is 24.0 Å². The van der Waals surface area contributed by atoms with Crippen LogP contribution in [0.5, 0.6) is 86.2 Å². The molecule has 1 saturated carbocycles. The van der Waals surface area contributed by atoms with Crippen molar-refractivity contribution in [2.24, 2.45) is 5.92 Å². The summed E-state index contributed by atoms with van der Waals surface area (Å²) in [5.74, 6) is -25.3. The Bertz CT molecular complexity index is 2720. The summed E-state index contributed by atoms with van der Waals surface area (Å²) in [6.45, 7) is -1.03. The van der Waals surface area contributed by atoms with E-state index in [-0.39, 0.29) is 0 Å². The summed E-state index contributed by atoms with van der Waals surface area (Å²) in [7, 11) is 0. The number of ether oxygens (including phenoxy) is 5. The lowest BCUT2D eigenvalue weighted by Crippen LogP contribution is -2.60. The first-order valence-electron chi connectivity index (χ1n) is 18.7. The maximum Gasteiger partial charge on any atom is 0.338 e. The lowest BCUT2D eigenvalue weighted by Gasteiger charge is -2.44. The van der Waals surface area contributed by atoms with Crippen LogP contribution in [0.25, 0.3) is 0 Å². The third kappa shape index (κ3) is 9.69. The van der Waals surface area contributed by atoms with Gasteiger partial charge in [-0.15, -0.1) is 0 Å². The number of phenols is 15. The van der Waals surface area contributed by atoms with Gasteiger partial charge in [-0.05, 0) is 67.1 Å². The zero-order valence-corrected chi connectivity index (χ0v) is 33.4. The van der Waals surface area contributed by atoms with E-state index in [1.165, 1.54) is 0 Å². The Morgan fingerprint density at radius 1 is 0.343 bits per heavy atom. The fourth-order valence-corrected chi connectivity index (χ4v) is 6.61. The molecule has 25 nitrogen and oxygen atoms in total. The molecule has 0 heterocycles. The molecule has 67 heavy (non-hydrogen) atoms. The van der Waals surface area contributed by atoms with Gasteiger partial charge in [-0.2, -0.15) is 0 Å². The van der Waals surface area contributed by atoms with Gasteiger partial charge in [0.25, 0.3) is 0 Å². The number of aromatic hydroxyl groups is 15. The lowest BCUT2D eigenvalue weighted by atomic mass is 9.80. The summed E-state index contributed by atoms with van der Waals surface area (Å²) in [6, 6.07) is 6.02. The summed E-state index contributed by atoms with van der Waals surface area (Å²) in [5.41, 5.74) is -3.59. The topological polar surface area (TPSA) is 435 Å². The third-order valence-electron chi connectivity index (χ3n) is 9.96. The van der Waals surface area contributed by atoms with Crippen molar-refractivity contribution in [3.63, 3.8) is 0 Å². The van der Waals surface area contributed by atoms with Crippen molar-refractivity contribution in [1.29, 1.82) is 0 Å². The van der Waals surface area contributed by atoms with Gasteiger partial charge in [0.1, 0.15) is 12.2 Å². The molecule has 0 spiro atoms. The molecule has 5 aromatic rings. The van der Waals surface area contributed by atoms with Crippen LogP contribution in [0, 0.1) is 5.92 Å². The molecule has 25 heteroatoms. The fourth-order valence-electron chi connectivity index (χ4n) is 6.61. The normalized spacial score (nSPS) is 17.7. The van der Waals surface area contributed by atoms with Crippen molar-refractivity contribution < 1.29 is 124 Å².